The lowest BCUT2D eigenvalue weighted by Crippen LogP contribution is -2.34. The van der Waals surface area contributed by atoms with E-state index in [9.17, 15) is 0 Å². The van der Waals surface area contributed by atoms with Crippen LogP contribution in [-0.2, 0) is 6.54 Å². The zero-order chi connectivity index (χ0) is 14.2. The molecule has 3 heterocycles. The van der Waals surface area contributed by atoms with E-state index < -0.39 is 0 Å². The first-order valence-electron chi connectivity index (χ1n) is 7.98. The molecule has 2 aliphatic rings. The molecule has 1 aliphatic carbocycles. The van der Waals surface area contributed by atoms with Crippen LogP contribution in [-0.4, -0.2) is 33.2 Å². The van der Waals surface area contributed by atoms with Crippen molar-refractivity contribution in [3.8, 4) is 0 Å². The normalized spacial score (nSPS) is 23.6. The summed E-state index contributed by atoms with van der Waals surface area (Å²) in [7, 11) is 0. The number of nitrogens with one attached hydrogen (secondary N) is 1. The summed E-state index contributed by atoms with van der Waals surface area (Å²) in [6.07, 6.45) is 4.93. The second kappa shape index (κ2) is 5.30. The third-order valence-corrected chi connectivity index (χ3v) is 4.53. The molecule has 1 atom stereocenters. The van der Waals surface area contributed by atoms with Crippen LogP contribution in [0.4, 0.5) is 0 Å². The van der Waals surface area contributed by atoms with E-state index in [2.05, 4.69) is 21.2 Å². The summed E-state index contributed by atoms with van der Waals surface area (Å²) in [5.74, 6) is 5.26. The Labute approximate surface area is 124 Å². The highest BCUT2D eigenvalue weighted by molar-refractivity contribution is 5.09. The predicted octanol–water partition coefficient (Wildman–Crippen LogP) is 2.96. The summed E-state index contributed by atoms with van der Waals surface area (Å²) in [5, 5.41) is 7.60. The highest BCUT2D eigenvalue weighted by Gasteiger charge is 2.30. The Bertz CT molecular complexity index is 613. The Morgan fingerprint density at radius 3 is 2.95 bits per heavy atom. The van der Waals surface area contributed by atoms with Crippen LogP contribution in [0.2, 0.25) is 0 Å². The molecule has 4 rings (SSSR count). The molecule has 2 aromatic heterocycles. The van der Waals surface area contributed by atoms with E-state index in [4.69, 9.17) is 9.40 Å². The lowest BCUT2D eigenvalue weighted by Gasteiger charge is -2.30. The van der Waals surface area contributed by atoms with Crippen molar-refractivity contribution in [3.05, 3.63) is 35.3 Å². The molecule has 0 bridgehead atoms. The Kier molecular flexibility index (Phi) is 3.30. The molecule has 112 valence electrons. The van der Waals surface area contributed by atoms with Gasteiger partial charge in [-0.05, 0) is 51.3 Å². The van der Waals surface area contributed by atoms with E-state index in [1.807, 2.05) is 13.0 Å². The molecule has 2 fully saturated rings. The van der Waals surface area contributed by atoms with Gasteiger partial charge in [0.2, 0.25) is 0 Å². The van der Waals surface area contributed by atoms with Gasteiger partial charge in [-0.1, -0.05) is 0 Å². The standard InChI is InChI=1S/C16H22N4O/c1-11-4-7-14(21-11)10-20-8-2-3-13(9-20)16-17-15(18-19-16)12-5-6-12/h4,7,12-13H,2-3,5-6,8-10H2,1H3,(H,17,18,19)/t13-/m0/s1. The number of piperidine rings is 1. The number of H-pyrrole nitrogens is 1. The van der Waals surface area contributed by atoms with E-state index in [1.54, 1.807) is 0 Å². The number of hydrogen-bond acceptors (Lipinski definition) is 4. The van der Waals surface area contributed by atoms with Crippen LogP contribution in [0.25, 0.3) is 0 Å². The number of furan rings is 1. The molecule has 0 spiro atoms. The Morgan fingerprint density at radius 1 is 1.29 bits per heavy atom. The molecule has 0 radical (unpaired) electrons. The average Bonchev–Trinajstić information content (AvgIpc) is 3.07. The van der Waals surface area contributed by atoms with Gasteiger partial charge in [0.15, 0.2) is 5.82 Å². The first kappa shape index (κ1) is 13.1. The number of rotatable bonds is 4. The summed E-state index contributed by atoms with van der Waals surface area (Å²) < 4.78 is 5.69. The highest BCUT2D eigenvalue weighted by atomic mass is 16.3. The van der Waals surface area contributed by atoms with Crippen molar-refractivity contribution in [2.45, 2.75) is 51.0 Å². The number of aromatic nitrogens is 3. The number of aryl methyl sites for hydroxylation is 1. The lowest BCUT2D eigenvalue weighted by molar-refractivity contribution is 0.183. The zero-order valence-corrected chi connectivity index (χ0v) is 12.5. The molecule has 1 N–H and O–H groups in total. The molecule has 5 nitrogen and oxygen atoms in total. The van der Waals surface area contributed by atoms with E-state index in [0.29, 0.717) is 11.8 Å². The fourth-order valence-electron chi connectivity index (χ4n) is 3.21. The molecule has 0 aromatic carbocycles. The second-order valence-corrected chi connectivity index (χ2v) is 6.44. The van der Waals surface area contributed by atoms with Crippen LogP contribution in [0.3, 0.4) is 0 Å². The van der Waals surface area contributed by atoms with Crippen LogP contribution >= 0.6 is 0 Å². The van der Waals surface area contributed by atoms with Crippen molar-refractivity contribution in [2.24, 2.45) is 0 Å². The third kappa shape index (κ3) is 2.88. The SMILES string of the molecule is Cc1ccc(CN2CCC[C@H](c3n[nH]c(C4CC4)n3)C2)o1. The lowest BCUT2D eigenvalue weighted by atomic mass is 9.97. The van der Waals surface area contributed by atoms with Crippen molar-refractivity contribution < 1.29 is 4.42 Å². The maximum absolute atomic E-state index is 5.69. The molecule has 21 heavy (non-hydrogen) atoms. The molecule has 1 aliphatic heterocycles. The first-order valence-corrected chi connectivity index (χ1v) is 7.98. The third-order valence-electron chi connectivity index (χ3n) is 4.53. The summed E-state index contributed by atoms with van der Waals surface area (Å²) in [5.41, 5.74) is 0. The van der Waals surface area contributed by atoms with Crippen molar-refractivity contribution in [2.75, 3.05) is 13.1 Å². The maximum atomic E-state index is 5.69. The largest absolute Gasteiger partial charge is 0.465 e. The van der Waals surface area contributed by atoms with Gasteiger partial charge in [0.1, 0.15) is 17.3 Å². The van der Waals surface area contributed by atoms with Crippen LogP contribution in [0.1, 0.15) is 60.7 Å². The van der Waals surface area contributed by atoms with Gasteiger partial charge >= 0.3 is 0 Å². The van der Waals surface area contributed by atoms with Gasteiger partial charge in [0.25, 0.3) is 0 Å². The number of likely N-dealkylation sites (tertiary alicyclic amines) is 1. The minimum Gasteiger partial charge on any atom is -0.465 e. The molecular formula is C16H22N4O. The summed E-state index contributed by atoms with van der Waals surface area (Å²) in [6, 6.07) is 4.12. The maximum Gasteiger partial charge on any atom is 0.155 e. The Hall–Kier alpha value is -1.62. The van der Waals surface area contributed by atoms with Crippen LogP contribution in [0.5, 0.6) is 0 Å². The van der Waals surface area contributed by atoms with Crippen molar-refractivity contribution in [3.63, 3.8) is 0 Å². The van der Waals surface area contributed by atoms with E-state index in [1.165, 1.54) is 25.7 Å². The number of nitrogens with zero attached hydrogens (tertiary/aromatic N) is 3. The van der Waals surface area contributed by atoms with Gasteiger partial charge in [-0.3, -0.25) is 10.00 Å². The van der Waals surface area contributed by atoms with Crippen molar-refractivity contribution in [1.29, 1.82) is 0 Å². The topological polar surface area (TPSA) is 58.0 Å². The first-order chi connectivity index (χ1) is 10.3. The van der Waals surface area contributed by atoms with Gasteiger partial charge in [0, 0.05) is 18.4 Å². The number of aromatic amines is 1. The smallest absolute Gasteiger partial charge is 0.155 e. The minimum absolute atomic E-state index is 0.457. The number of hydrogen-bond donors (Lipinski definition) is 1. The average molecular weight is 286 g/mol. The molecule has 5 heteroatoms. The van der Waals surface area contributed by atoms with Crippen LogP contribution in [0, 0.1) is 6.92 Å². The molecular weight excluding hydrogens is 264 g/mol. The fraction of sp³-hybridized carbons (Fsp3) is 0.625. The summed E-state index contributed by atoms with van der Waals surface area (Å²) in [6.45, 7) is 5.05. The van der Waals surface area contributed by atoms with Crippen molar-refractivity contribution >= 4 is 0 Å². The molecule has 1 saturated carbocycles. The van der Waals surface area contributed by atoms with Crippen LogP contribution < -0.4 is 0 Å². The van der Waals surface area contributed by atoms with Crippen LogP contribution in [0.15, 0.2) is 16.5 Å². The molecule has 0 unspecified atom stereocenters. The van der Waals surface area contributed by atoms with Gasteiger partial charge in [0.05, 0.1) is 6.54 Å². The van der Waals surface area contributed by atoms with Crippen molar-refractivity contribution in [1.82, 2.24) is 20.1 Å². The van der Waals surface area contributed by atoms with E-state index in [-0.39, 0.29) is 0 Å². The molecule has 1 saturated heterocycles. The summed E-state index contributed by atoms with van der Waals surface area (Å²) in [4.78, 5) is 7.18. The minimum atomic E-state index is 0.457. The second-order valence-electron chi connectivity index (χ2n) is 6.44. The Morgan fingerprint density at radius 2 is 2.19 bits per heavy atom. The molecule has 2 aromatic rings. The van der Waals surface area contributed by atoms with E-state index in [0.717, 1.165) is 42.8 Å². The Balaban J connectivity index is 1.41. The quantitative estimate of drug-likeness (QED) is 0.938. The van der Waals surface area contributed by atoms with Gasteiger partial charge in [-0.2, -0.15) is 5.10 Å². The zero-order valence-electron chi connectivity index (χ0n) is 12.5. The highest BCUT2D eigenvalue weighted by Crippen LogP contribution is 2.38. The molecule has 0 amide bonds. The monoisotopic (exact) mass is 286 g/mol. The van der Waals surface area contributed by atoms with Gasteiger partial charge < -0.3 is 4.42 Å². The van der Waals surface area contributed by atoms with E-state index >= 15 is 0 Å². The van der Waals surface area contributed by atoms with Gasteiger partial charge in [-0.25, -0.2) is 4.98 Å². The van der Waals surface area contributed by atoms with Gasteiger partial charge in [-0.15, -0.1) is 0 Å². The predicted molar refractivity (Wildman–Crippen MR) is 79.1 cm³/mol. The fourth-order valence-corrected chi connectivity index (χ4v) is 3.21. The summed E-state index contributed by atoms with van der Waals surface area (Å²) >= 11 is 0.